The smallest absolute Gasteiger partial charge is 0.354 e. The van der Waals surface area contributed by atoms with Crippen LogP contribution >= 0.6 is 0 Å². The monoisotopic (exact) mass is 269 g/mol. The highest BCUT2D eigenvalue weighted by atomic mass is 16.6. The topological polar surface area (TPSA) is 162 Å². The molecule has 0 aliphatic heterocycles. The summed E-state index contributed by atoms with van der Waals surface area (Å²) >= 11 is 0. The number of hydrazine groups is 1. The van der Waals surface area contributed by atoms with Crippen molar-refractivity contribution in [3.8, 4) is 0 Å². The fraction of sp³-hybridized carbons (Fsp3) is 0.444. The predicted octanol–water partition coefficient (Wildman–Crippen LogP) is -0.408. The number of hydrogen-bond acceptors (Lipinski definition) is 8. The summed E-state index contributed by atoms with van der Waals surface area (Å²) < 4.78 is 0. The van der Waals surface area contributed by atoms with E-state index in [0.29, 0.717) is 0 Å². The van der Waals surface area contributed by atoms with Gasteiger partial charge in [0.15, 0.2) is 0 Å². The third kappa shape index (κ3) is 3.25. The number of amides is 1. The second kappa shape index (κ2) is 5.91. The number of nitrogens with one attached hydrogen (secondary N) is 2. The summed E-state index contributed by atoms with van der Waals surface area (Å²) in [6.45, 7) is 3.50. The lowest BCUT2D eigenvalue weighted by Gasteiger charge is -2.19. The second-order valence-electron chi connectivity index (χ2n) is 4.09. The lowest BCUT2D eigenvalue weighted by Crippen LogP contribution is -2.40. The summed E-state index contributed by atoms with van der Waals surface area (Å²) in [5, 5.41) is 13.6. The Morgan fingerprint density at radius 2 is 2.00 bits per heavy atom. The molecule has 1 rings (SSSR count). The molecular formula is C9H15N7O3. The molecule has 0 saturated carbocycles. The van der Waals surface area contributed by atoms with Gasteiger partial charge < -0.3 is 16.5 Å². The zero-order valence-corrected chi connectivity index (χ0v) is 10.5. The fourth-order valence-corrected chi connectivity index (χ4v) is 1.48. The molecule has 1 amide bonds. The summed E-state index contributed by atoms with van der Waals surface area (Å²) in [4.78, 5) is 29.0. The number of hydrogen-bond donors (Lipinski definition) is 4. The second-order valence-corrected chi connectivity index (χ2v) is 4.09. The third-order valence-corrected chi connectivity index (χ3v) is 2.41. The molecule has 10 nitrogen and oxygen atoms in total. The highest BCUT2D eigenvalue weighted by molar-refractivity contribution is 5.84. The van der Waals surface area contributed by atoms with Gasteiger partial charge in [-0.05, 0) is 5.92 Å². The first-order chi connectivity index (χ1) is 8.88. The highest BCUT2D eigenvalue weighted by Crippen LogP contribution is 2.29. The Bertz CT molecular complexity index is 491. The molecule has 0 aliphatic rings. The molecule has 0 aromatic carbocycles. The van der Waals surface area contributed by atoms with Gasteiger partial charge in [0, 0.05) is 0 Å². The highest BCUT2D eigenvalue weighted by Gasteiger charge is 2.27. The van der Waals surface area contributed by atoms with Crippen molar-refractivity contribution in [2.45, 2.75) is 19.9 Å². The number of nitrogen functional groups attached to an aromatic ring is 1. The van der Waals surface area contributed by atoms with Crippen LogP contribution in [0.1, 0.15) is 13.8 Å². The first kappa shape index (κ1) is 14.6. The predicted molar refractivity (Wildman–Crippen MR) is 67.9 cm³/mol. The molecule has 10 heteroatoms. The van der Waals surface area contributed by atoms with Gasteiger partial charge in [0.1, 0.15) is 12.4 Å². The SMILES string of the molecule is CC(C)C(Nc1ncnc(NN)c1[N+](=O)[O-])C(N)=O. The number of rotatable bonds is 6. The Hall–Kier alpha value is -2.49. The van der Waals surface area contributed by atoms with E-state index in [0.717, 1.165) is 6.33 Å². The molecule has 0 saturated heterocycles. The molecule has 0 spiro atoms. The quantitative estimate of drug-likeness (QED) is 0.307. The van der Waals surface area contributed by atoms with E-state index in [2.05, 4.69) is 20.7 Å². The van der Waals surface area contributed by atoms with Crippen LogP contribution in [0.15, 0.2) is 6.33 Å². The van der Waals surface area contributed by atoms with E-state index in [4.69, 9.17) is 11.6 Å². The normalized spacial score (nSPS) is 12.0. The molecular weight excluding hydrogens is 254 g/mol. The summed E-state index contributed by atoms with van der Waals surface area (Å²) in [5.74, 6) is 4.07. The van der Waals surface area contributed by atoms with Gasteiger partial charge in [-0.25, -0.2) is 15.8 Å². The first-order valence-electron chi connectivity index (χ1n) is 5.40. The fourth-order valence-electron chi connectivity index (χ4n) is 1.48. The molecule has 1 atom stereocenters. The molecule has 0 bridgehead atoms. The van der Waals surface area contributed by atoms with Gasteiger partial charge in [-0.3, -0.25) is 14.9 Å². The molecule has 1 aromatic heterocycles. The number of carbonyl (C=O) groups is 1. The van der Waals surface area contributed by atoms with E-state index >= 15 is 0 Å². The minimum absolute atomic E-state index is 0.120. The van der Waals surface area contributed by atoms with Crippen molar-refractivity contribution in [1.29, 1.82) is 0 Å². The number of nitrogens with two attached hydrogens (primary N) is 2. The Kier molecular flexibility index (Phi) is 4.53. The summed E-state index contributed by atoms with van der Waals surface area (Å²) in [6, 6.07) is -0.792. The zero-order chi connectivity index (χ0) is 14.6. The van der Waals surface area contributed by atoms with Crippen molar-refractivity contribution in [3.63, 3.8) is 0 Å². The van der Waals surface area contributed by atoms with Gasteiger partial charge in [0.25, 0.3) is 0 Å². The van der Waals surface area contributed by atoms with Crippen molar-refractivity contribution < 1.29 is 9.72 Å². The van der Waals surface area contributed by atoms with Gasteiger partial charge >= 0.3 is 5.69 Å². The van der Waals surface area contributed by atoms with Crippen LogP contribution in [-0.4, -0.2) is 26.8 Å². The Balaban J connectivity index is 3.20. The van der Waals surface area contributed by atoms with Crippen molar-refractivity contribution in [2.24, 2.45) is 17.5 Å². The number of aromatic nitrogens is 2. The maximum absolute atomic E-state index is 11.3. The molecule has 0 fully saturated rings. The van der Waals surface area contributed by atoms with Crippen LogP contribution in [0.3, 0.4) is 0 Å². The number of primary amides is 1. The number of carbonyl (C=O) groups excluding carboxylic acids is 1. The molecule has 1 heterocycles. The van der Waals surface area contributed by atoms with Crippen LogP contribution in [0.4, 0.5) is 17.3 Å². The van der Waals surface area contributed by atoms with Gasteiger partial charge in [0.05, 0.1) is 4.92 Å². The van der Waals surface area contributed by atoms with Crippen molar-refractivity contribution in [2.75, 3.05) is 10.7 Å². The van der Waals surface area contributed by atoms with E-state index in [1.165, 1.54) is 0 Å². The van der Waals surface area contributed by atoms with Crippen LogP contribution in [0.5, 0.6) is 0 Å². The van der Waals surface area contributed by atoms with Crippen LogP contribution in [-0.2, 0) is 4.79 Å². The summed E-state index contributed by atoms with van der Waals surface area (Å²) in [7, 11) is 0. The van der Waals surface area contributed by atoms with Gasteiger partial charge in [0.2, 0.25) is 17.5 Å². The number of anilines is 2. The number of nitro groups is 1. The van der Waals surface area contributed by atoms with Crippen LogP contribution in [0.25, 0.3) is 0 Å². The standard InChI is InChI=1S/C9H15N7O3/c1-4(2)5(7(10)17)14-8-6(16(18)19)9(15-11)13-3-12-8/h3-5H,11H2,1-2H3,(H2,10,17)(H2,12,13,14,15). The average molecular weight is 269 g/mol. The van der Waals surface area contributed by atoms with Crippen molar-refractivity contribution >= 4 is 23.2 Å². The van der Waals surface area contributed by atoms with Gasteiger partial charge in [-0.2, -0.15) is 0 Å². The molecule has 1 unspecified atom stereocenters. The van der Waals surface area contributed by atoms with Crippen molar-refractivity contribution in [3.05, 3.63) is 16.4 Å². The molecule has 0 aliphatic carbocycles. The van der Waals surface area contributed by atoms with E-state index in [1.807, 2.05) is 0 Å². The first-order valence-corrected chi connectivity index (χ1v) is 5.40. The summed E-state index contributed by atoms with van der Waals surface area (Å²) in [6.07, 6.45) is 1.09. The lowest BCUT2D eigenvalue weighted by molar-refractivity contribution is -0.383. The lowest BCUT2D eigenvalue weighted by atomic mass is 10.0. The van der Waals surface area contributed by atoms with Gasteiger partial charge in [-0.1, -0.05) is 13.8 Å². The minimum atomic E-state index is -0.792. The minimum Gasteiger partial charge on any atom is -0.368 e. The maximum atomic E-state index is 11.3. The maximum Gasteiger partial charge on any atom is 0.354 e. The van der Waals surface area contributed by atoms with Crippen LogP contribution < -0.4 is 22.3 Å². The van der Waals surface area contributed by atoms with E-state index in [-0.39, 0.29) is 17.6 Å². The van der Waals surface area contributed by atoms with Gasteiger partial charge in [-0.15, -0.1) is 0 Å². The number of nitrogens with zero attached hydrogens (tertiary/aromatic N) is 3. The van der Waals surface area contributed by atoms with Crippen LogP contribution in [0, 0.1) is 16.0 Å². The Morgan fingerprint density at radius 1 is 1.42 bits per heavy atom. The third-order valence-electron chi connectivity index (χ3n) is 2.41. The van der Waals surface area contributed by atoms with Crippen molar-refractivity contribution in [1.82, 2.24) is 9.97 Å². The largest absolute Gasteiger partial charge is 0.368 e. The molecule has 1 aromatic rings. The molecule has 0 radical (unpaired) electrons. The molecule has 19 heavy (non-hydrogen) atoms. The molecule has 6 N–H and O–H groups in total. The van der Waals surface area contributed by atoms with E-state index in [9.17, 15) is 14.9 Å². The Labute approximate surface area is 108 Å². The van der Waals surface area contributed by atoms with Crippen LogP contribution in [0.2, 0.25) is 0 Å². The zero-order valence-electron chi connectivity index (χ0n) is 10.5. The average Bonchev–Trinajstić information content (AvgIpc) is 2.34. The molecule has 104 valence electrons. The van der Waals surface area contributed by atoms with E-state index in [1.54, 1.807) is 13.8 Å². The summed E-state index contributed by atoms with van der Waals surface area (Å²) in [5.41, 5.74) is 6.88. The Morgan fingerprint density at radius 3 is 2.42 bits per heavy atom. The van der Waals surface area contributed by atoms with E-state index < -0.39 is 22.6 Å².